The number of fused-ring (bicyclic) bond motifs is 1. The number of nitriles is 1. The van der Waals surface area contributed by atoms with Gasteiger partial charge in [0.05, 0.1) is 16.8 Å². The first kappa shape index (κ1) is 16.2. The van der Waals surface area contributed by atoms with E-state index in [1.807, 2.05) is 67.1 Å². The van der Waals surface area contributed by atoms with Crippen molar-refractivity contribution in [3.8, 4) is 6.07 Å². The molecule has 0 aliphatic carbocycles. The van der Waals surface area contributed by atoms with E-state index in [2.05, 4.69) is 11.1 Å². The van der Waals surface area contributed by atoms with Gasteiger partial charge in [-0.1, -0.05) is 29.8 Å². The van der Waals surface area contributed by atoms with Gasteiger partial charge in [0.25, 0.3) is 0 Å². The standard InChI is InChI=1S/C19H17N3OS/c1-13-7-9-14(10-8-13)24-12-18(23)15(11-20)19-21-16-5-3-4-6-17(16)22(19)2/h3-10,23H,12H2,1-2H3/b18-15-. The summed E-state index contributed by atoms with van der Waals surface area (Å²) in [6, 6.07) is 17.8. The zero-order valence-corrected chi connectivity index (χ0v) is 14.3. The third kappa shape index (κ3) is 3.15. The highest BCUT2D eigenvalue weighted by Crippen LogP contribution is 2.26. The van der Waals surface area contributed by atoms with Crippen LogP contribution in [-0.2, 0) is 7.05 Å². The van der Waals surface area contributed by atoms with Crippen molar-refractivity contribution in [2.45, 2.75) is 11.8 Å². The summed E-state index contributed by atoms with van der Waals surface area (Å²) < 4.78 is 1.83. The molecule has 3 rings (SSSR count). The third-order valence-electron chi connectivity index (χ3n) is 3.81. The van der Waals surface area contributed by atoms with Gasteiger partial charge in [0.15, 0.2) is 5.82 Å². The van der Waals surface area contributed by atoms with Crippen LogP contribution in [0.4, 0.5) is 0 Å². The highest BCUT2D eigenvalue weighted by molar-refractivity contribution is 7.99. The highest BCUT2D eigenvalue weighted by atomic mass is 32.2. The highest BCUT2D eigenvalue weighted by Gasteiger charge is 2.16. The van der Waals surface area contributed by atoms with E-state index in [0.717, 1.165) is 15.9 Å². The molecular formula is C19H17N3OS. The molecule has 3 aromatic rings. The van der Waals surface area contributed by atoms with Crippen LogP contribution in [0.5, 0.6) is 0 Å². The summed E-state index contributed by atoms with van der Waals surface area (Å²) in [5.41, 5.74) is 3.14. The van der Waals surface area contributed by atoms with Crippen molar-refractivity contribution >= 4 is 28.4 Å². The van der Waals surface area contributed by atoms with Crippen molar-refractivity contribution in [1.82, 2.24) is 9.55 Å². The molecule has 0 bridgehead atoms. The number of rotatable bonds is 4. The zero-order chi connectivity index (χ0) is 17.1. The maximum absolute atomic E-state index is 10.4. The average molecular weight is 335 g/mol. The molecule has 1 aromatic heterocycles. The van der Waals surface area contributed by atoms with E-state index < -0.39 is 0 Å². The Kier molecular flexibility index (Phi) is 4.59. The first-order valence-electron chi connectivity index (χ1n) is 7.53. The number of para-hydroxylation sites is 2. The lowest BCUT2D eigenvalue weighted by molar-refractivity contribution is 0.420. The van der Waals surface area contributed by atoms with Crippen molar-refractivity contribution in [2.75, 3.05) is 5.75 Å². The van der Waals surface area contributed by atoms with E-state index in [9.17, 15) is 10.4 Å². The molecule has 0 amide bonds. The maximum Gasteiger partial charge on any atom is 0.155 e. The Hall–Kier alpha value is -2.71. The molecule has 0 unspecified atom stereocenters. The summed E-state index contributed by atoms with van der Waals surface area (Å²) in [5, 5.41) is 19.9. The van der Waals surface area contributed by atoms with Crippen LogP contribution in [-0.4, -0.2) is 20.4 Å². The van der Waals surface area contributed by atoms with Crippen LogP contribution in [0.25, 0.3) is 16.6 Å². The summed E-state index contributed by atoms with van der Waals surface area (Å²) in [6.07, 6.45) is 0. The third-order valence-corrected chi connectivity index (χ3v) is 4.83. The van der Waals surface area contributed by atoms with Gasteiger partial charge in [-0.2, -0.15) is 5.26 Å². The minimum atomic E-state index is 0.0430. The zero-order valence-electron chi connectivity index (χ0n) is 13.5. The molecule has 0 aliphatic rings. The number of nitrogens with zero attached hydrogens (tertiary/aromatic N) is 3. The molecule has 0 saturated heterocycles. The van der Waals surface area contributed by atoms with E-state index in [1.54, 1.807) is 0 Å². The van der Waals surface area contributed by atoms with Gasteiger partial charge >= 0.3 is 0 Å². The lowest BCUT2D eigenvalue weighted by Crippen LogP contribution is -2.00. The first-order valence-corrected chi connectivity index (χ1v) is 8.52. The lowest BCUT2D eigenvalue weighted by Gasteiger charge is -2.06. The van der Waals surface area contributed by atoms with Crippen LogP contribution in [0.15, 0.2) is 59.2 Å². The molecular weight excluding hydrogens is 318 g/mol. The van der Waals surface area contributed by atoms with Crippen LogP contribution in [0.3, 0.4) is 0 Å². The number of imidazole rings is 1. The SMILES string of the molecule is Cc1ccc(SC/C(O)=C(\C#N)c2nc3ccccc3n2C)cc1. The second kappa shape index (κ2) is 6.81. The van der Waals surface area contributed by atoms with Gasteiger partial charge in [0.2, 0.25) is 0 Å². The Labute approximate surface area is 145 Å². The fourth-order valence-corrected chi connectivity index (χ4v) is 3.25. The Morgan fingerprint density at radius 2 is 1.92 bits per heavy atom. The summed E-state index contributed by atoms with van der Waals surface area (Å²) in [4.78, 5) is 5.53. The number of hydrogen-bond acceptors (Lipinski definition) is 4. The smallest absolute Gasteiger partial charge is 0.155 e. The quantitative estimate of drug-likeness (QED) is 0.434. The van der Waals surface area contributed by atoms with E-state index in [0.29, 0.717) is 11.6 Å². The maximum atomic E-state index is 10.4. The largest absolute Gasteiger partial charge is 0.510 e. The van der Waals surface area contributed by atoms with Crippen molar-refractivity contribution in [1.29, 1.82) is 5.26 Å². The number of aliphatic hydroxyl groups excluding tert-OH is 1. The number of aliphatic hydroxyl groups is 1. The van der Waals surface area contributed by atoms with Crippen LogP contribution >= 0.6 is 11.8 Å². The van der Waals surface area contributed by atoms with Crippen LogP contribution in [0.2, 0.25) is 0 Å². The molecule has 0 spiro atoms. The molecule has 1 N–H and O–H groups in total. The molecule has 120 valence electrons. The average Bonchev–Trinajstić information content (AvgIpc) is 2.92. The first-order chi connectivity index (χ1) is 11.6. The van der Waals surface area contributed by atoms with Gasteiger partial charge in [-0.25, -0.2) is 4.98 Å². The van der Waals surface area contributed by atoms with Gasteiger partial charge < -0.3 is 9.67 Å². The molecule has 2 aromatic carbocycles. The molecule has 24 heavy (non-hydrogen) atoms. The minimum absolute atomic E-state index is 0.0430. The van der Waals surface area contributed by atoms with Crippen molar-refractivity contribution in [3.05, 3.63) is 65.7 Å². The van der Waals surface area contributed by atoms with Gasteiger partial charge in [0.1, 0.15) is 17.4 Å². The Balaban J connectivity index is 1.90. The van der Waals surface area contributed by atoms with Gasteiger partial charge in [0, 0.05) is 11.9 Å². The number of aromatic nitrogens is 2. The number of hydrogen-bond donors (Lipinski definition) is 1. The summed E-state index contributed by atoms with van der Waals surface area (Å²) in [7, 11) is 1.85. The molecule has 4 nitrogen and oxygen atoms in total. The fraction of sp³-hybridized carbons (Fsp3) is 0.158. The summed E-state index contributed by atoms with van der Waals surface area (Å²) >= 11 is 1.49. The van der Waals surface area contributed by atoms with Gasteiger partial charge in [-0.15, -0.1) is 11.8 Å². The summed E-state index contributed by atoms with van der Waals surface area (Å²) in [5.74, 6) is 0.858. The molecule has 0 fully saturated rings. The van der Waals surface area contributed by atoms with Crippen LogP contribution in [0, 0.1) is 18.3 Å². The molecule has 0 atom stereocenters. The van der Waals surface area contributed by atoms with Gasteiger partial charge in [-0.3, -0.25) is 0 Å². The normalized spacial score (nSPS) is 12.0. The number of benzene rings is 2. The predicted molar refractivity (Wildman–Crippen MR) is 97.8 cm³/mol. The van der Waals surface area contributed by atoms with Crippen molar-refractivity contribution < 1.29 is 5.11 Å². The van der Waals surface area contributed by atoms with E-state index in [1.165, 1.54) is 17.3 Å². The second-order valence-corrected chi connectivity index (χ2v) is 6.57. The molecule has 0 saturated carbocycles. The van der Waals surface area contributed by atoms with Gasteiger partial charge in [-0.05, 0) is 31.2 Å². The van der Waals surface area contributed by atoms with Crippen LogP contribution < -0.4 is 0 Å². The monoisotopic (exact) mass is 335 g/mol. The Morgan fingerprint density at radius 3 is 2.58 bits per heavy atom. The summed E-state index contributed by atoms with van der Waals surface area (Å²) in [6.45, 7) is 2.03. The molecule has 0 radical (unpaired) electrons. The fourth-order valence-electron chi connectivity index (χ4n) is 2.47. The number of thioether (sulfide) groups is 1. The molecule has 1 heterocycles. The van der Waals surface area contributed by atoms with E-state index in [-0.39, 0.29) is 11.3 Å². The number of allylic oxidation sites excluding steroid dienone is 1. The Bertz CT molecular complexity index is 949. The van der Waals surface area contributed by atoms with E-state index >= 15 is 0 Å². The van der Waals surface area contributed by atoms with E-state index in [4.69, 9.17) is 0 Å². The van der Waals surface area contributed by atoms with Crippen molar-refractivity contribution in [2.24, 2.45) is 7.05 Å². The predicted octanol–water partition coefficient (Wildman–Crippen LogP) is 4.47. The van der Waals surface area contributed by atoms with Crippen LogP contribution in [0.1, 0.15) is 11.4 Å². The number of aryl methyl sites for hydroxylation is 2. The van der Waals surface area contributed by atoms with Crippen molar-refractivity contribution in [3.63, 3.8) is 0 Å². The minimum Gasteiger partial charge on any atom is -0.510 e. The second-order valence-electron chi connectivity index (χ2n) is 5.52. The molecule has 0 aliphatic heterocycles. The topological polar surface area (TPSA) is 61.8 Å². The Morgan fingerprint density at radius 1 is 1.21 bits per heavy atom. The molecule has 5 heteroatoms. The lowest BCUT2D eigenvalue weighted by atomic mass is 10.2.